The minimum absolute atomic E-state index is 0.114. The standard InChI is InChI=1S/C16H15N3O5/c1-2-24-15-6-4-3-5-13(15)16(21)18-17-10-11-9-12(19(22)23)7-8-14(11)20/h3-10,20H,2H2,1H3,(H,18,21)/b17-10+. The van der Waals surface area contributed by atoms with Gasteiger partial charge in [-0.25, -0.2) is 5.43 Å². The van der Waals surface area contributed by atoms with E-state index in [-0.39, 0.29) is 17.0 Å². The summed E-state index contributed by atoms with van der Waals surface area (Å²) in [6, 6.07) is 10.2. The Morgan fingerprint density at radius 2 is 2.12 bits per heavy atom. The smallest absolute Gasteiger partial charge is 0.275 e. The van der Waals surface area contributed by atoms with E-state index < -0.39 is 10.8 Å². The SMILES string of the molecule is CCOc1ccccc1C(=O)N/N=C/c1cc([N+](=O)[O-])ccc1O. The van der Waals surface area contributed by atoms with E-state index in [0.717, 1.165) is 12.3 Å². The van der Waals surface area contributed by atoms with Crippen molar-refractivity contribution in [1.29, 1.82) is 0 Å². The van der Waals surface area contributed by atoms with Crippen LogP contribution in [-0.2, 0) is 0 Å². The molecule has 2 aromatic carbocycles. The van der Waals surface area contributed by atoms with Crippen LogP contribution in [0.2, 0.25) is 0 Å². The number of amides is 1. The van der Waals surface area contributed by atoms with Crippen LogP contribution in [0.4, 0.5) is 5.69 Å². The molecule has 8 heteroatoms. The highest BCUT2D eigenvalue weighted by Gasteiger charge is 2.11. The van der Waals surface area contributed by atoms with Crippen molar-refractivity contribution >= 4 is 17.8 Å². The largest absolute Gasteiger partial charge is 0.507 e. The number of nitro benzene ring substituents is 1. The third kappa shape index (κ3) is 4.07. The number of rotatable bonds is 6. The number of nitrogens with zero attached hydrogens (tertiary/aromatic N) is 2. The van der Waals surface area contributed by atoms with Crippen molar-refractivity contribution in [2.45, 2.75) is 6.92 Å². The number of hydrazone groups is 1. The number of aromatic hydroxyl groups is 1. The van der Waals surface area contributed by atoms with E-state index >= 15 is 0 Å². The predicted molar refractivity (Wildman–Crippen MR) is 87.4 cm³/mol. The summed E-state index contributed by atoms with van der Waals surface area (Å²) in [6.45, 7) is 2.22. The van der Waals surface area contributed by atoms with Crippen LogP contribution in [0.5, 0.6) is 11.5 Å². The van der Waals surface area contributed by atoms with Gasteiger partial charge in [0, 0.05) is 17.7 Å². The molecule has 0 bridgehead atoms. The summed E-state index contributed by atoms with van der Waals surface area (Å²) >= 11 is 0. The lowest BCUT2D eigenvalue weighted by molar-refractivity contribution is -0.384. The molecule has 0 spiro atoms. The van der Waals surface area contributed by atoms with Crippen molar-refractivity contribution < 1.29 is 19.6 Å². The van der Waals surface area contributed by atoms with Crippen molar-refractivity contribution in [3.05, 3.63) is 63.7 Å². The number of non-ortho nitro benzene ring substituents is 1. The van der Waals surface area contributed by atoms with Crippen LogP contribution in [-0.4, -0.2) is 28.8 Å². The van der Waals surface area contributed by atoms with Crippen LogP contribution in [0.25, 0.3) is 0 Å². The van der Waals surface area contributed by atoms with Crippen molar-refractivity contribution in [1.82, 2.24) is 5.43 Å². The molecule has 0 atom stereocenters. The molecule has 2 aromatic rings. The number of phenols is 1. The van der Waals surface area contributed by atoms with Gasteiger partial charge >= 0.3 is 0 Å². The van der Waals surface area contributed by atoms with E-state index in [1.165, 1.54) is 12.1 Å². The molecular weight excluding hydrogens is 314 g/mol. The first kappa shape index (κ1) is 16.9. The number of benzene rings is 2. The summed E-state index contributed by atoms with van der Waals surface area (Å²) in [5.41, 5.74) is 2.52. The Morgan fingerprint density at radius 1 is 1.38 bits per heavy atom. The highest BCUT2D eigenvalue weighted by molar-refractivity contribution is 5.97. The van der Waals surface area contributed by atoms with Crippen LogP contribution in [0.1, 0.15) is 22.8 Å². The number of nitro groups is 1. The van der Waals surface area contributed by atoms with Crippen molar-refractivity contribution in [3.63, 3.8) is 0 Å². The highest BCUT2D eigenvalue weighted by Crippen LogP contribution is 2.21. The van der Waals surface area contributed by atoms with E-state index in [0.29, 0.717) is 17.9 Å². The number of para-hydroxylation sites is 1. The molecule has 0 saturated carbocycles. The monoisotopic (exact) mass is 329 g/mol. The second-order valence-electron chi connectivity index (χ2n) is 4.63. The number of phenolic OH excluding ortho intramolecular Hbond substituents is 1. The summed E-state index contributed by atoms with van der Waals surface area (Å²) in [6.07, 6.45) is 1.13. The molecule has 0 saturated heterocycles. The van der Waals surface area contributed by atoms with E-state index in [1.54, 1.807) is 31.2 Å². The molecule has 124 valence electrons. The minimum Gasteiger partial charge on any atom is -0.507 e. The van der Waals surface area contributed by atoms with Crippen molar-refractivity contribution in [2.24, 2.45) is 5.10 Å². The topological polar surface area (TPSA) is 114 Å². The summed E-state index contributed by atoms with van der Waals surface area (Å²) in [7, 11) is 0. The highest BCUT2D eigenvalue weighted by atomic mass is 16.6. The molecule has 8 nitrogen and oxygen atoms in total. The van der Waals surface area contributed by atoms with Gasteiger partial charge in [-0.3, -0.25) is 14.9 Å². The average molecular weight is 329 g/mol. The van der Waals surface area contributed by atoms with E-state index in [9.17, 15) is 20.0 Å². The fourth-order valence-corrected chi connectivity index (χ4v) is 1.92. The fraction of sp³-hybridized carbons (Fsp3) is 0.125. The first-order valence-electron chi connectivity index (χ1n) is 7.05. The molecule has 0 aliphatic rings. The number of ether oxygens (including phenoxy) is 1. The normalized spacial score (nSPS) is 10.5. The van der Waals surface area contributed by atoms with Gasteiger partial charge in [0.1, 0.15) is 11.5 Å². The zero-order valence-corrected chi connectivity index (χ0v) is 12.8. The Bertz CT molecular complexity index is 789. The molecule has 0 unspecified atom stereocenters. The Balaban J connectivity index is 2.13. The lowest BCUT2D eigenvalue weighted by Crippen LogP contribution is -2.18. The van der Waals surface area contributed by atoms with Gasteiger partial charge in [-0.2, -0.15) is 5.10 Å². The van der Waals surface area contributed by atoms with Crippen LogP contribution in [0, 0.1) is 10.1 Å². The zero-order chi connectivity index (χ0) is 17.5. The Hall–Kier alpha value is -3.42. The zero-order valence-electron chi connectivity index (χ0n) is 12.8. The first-order valence-corrected chi connectivity index (χ1v) is 7.05. The lowest BCUT2D eigenvalue weighted by atomic mass is 10.2. The minimum atomic E-state index is -0.590. The fourth-order valence-electron chi connectivity index (χ4n) is 1.92. The van der Waals surface area contributed by atoms with Gasteiger partial charge in [0.25, 0.3) is 11.6 Å². The third-order valence-corrected chi connectivity index (χ3v) is 3.02. The Kier molecular flexibility index (Phi) is 5.45. The maximum absolute atomic E-state index is 12.1. The van der Waals surface area contributed by atoms with E-state index in [2.05, 4.69) is 10.5 Å². The number of hydrogen-bond donors (Lipinski definition) is 2. The molecule has 0 aromatic heterocycles. The molecule has 0 aliphatic heterocycles. The molecule has 0 aliphatic carbocycles. The number of carbonyl (C=O) groups is 1. The summed E-state index contributed by atoms with van der Waals surface area (Å²) in [5, 5.41) is 24.1. The summed E-state index contributed by atoms with van der Waals surface area (Å²) in [4.78, 5) is 22.3. The summed E-state index contributed by atoms with van der Waals surface area (Å²) in [5.74, 6) is -0.264. The van der Waals surface area contributed by atoms with Gasteiger partial charge in [0.05, 0.1) is 23.3 Å². The molecule has 2 rings (SSSR count). The second-order valence-corrected chi connectivity index (χ2v) is 4.63. The van der Waals surface area contributed by atoms with Crippen LogP contribution >= 0.6 is 0 Å². The molecule has 0 fully saturated rings. The molecule has 0 radical (unpaired) electrons. The maximum atomic E-state index is 12.1. The van der Waals surface area contributed by atoms with Gasteiger partial charge in [-0.15, -0.1) is 0 Å². The van der Waals surface area contributed by atoms with Crippen molar-refractivity contribution in [3.8, 4) is 11.5 Å². The van der Waals surface area contributed by atoms with Crippen LogP contribution < -0.4 is 10.2 Å². The summed E-state index contributed by atoms with van der Waals surface area (Å²) < 4.78 is 5.36. The second kappa shape index (κ2) is 7.73. The Morgan fingerprint density at radius 3 is 2.83 bits per heavy atom. The Labute approximate surface area is 137 Å². The molecule has 1 amide bonds. The molecule has 24 heavy (non-hydrogen) atoms. The van der Waals surface area contributed by atoms with Gasteiger partial charge < -0.3 is 9.84 Å². The van der Waals surface area contributed by atoms with Crippen molar-refractivity contribution in [2.75, 3.05) is 6.61 Å². The predicted octanol–water partition coefficient (Wildman–Crippen LogP) is 2.46. The number of nitrogens with one attached hydrogen (secondary N) is 1. The van der Waals surface area contributed by atoms with E-state index in [1.807, 2.05) is 0 Å². The van der Waals surface area contributed by atoms with E-state index in [4.69, 9.17) is 4.74 Å². The molecular formula is C16H15N3O5. The third-order valence-electron chi connectivity index (χ3n) is 3.02. The van der Waals surface area contributed by atoms with Crippen LogP contribution in [0.3, 0.4) is 0 Å². The molecule has 2 N–H and O–H groups in total. The van der Waals surface area contributed by atoms with Gasteiger partial charge in [-0.1, -0.05) is 12.1 Å². The quantitative estimate of drug-likeness (QED) is 0.480. The van der Waals surface area contributed by atoms with Gasteiger partial charge in [0.15, 0.2) is 0 Å². The average Bonchev–Trinajstić information content (AvgIpc) is 2.57. The number of hydrogen-bond acceptors (Lipinski definition) is 6. The maximum Gasteiger partial charge on any atom is 0.275 e. The first-order chi connectivity index (χ1) is 11.5. The van der Waals surface area contributed by atoms with Crippen LogP contribution in [0.15, 0.2) is 47.6 Å². The van der Waals surface area contributed by atoms with Gasteiger partial charge in [-0.05, 0) is 25.1 Å². The lowest BCUT2D eigenvalue weighted by Gasteiger charge is -2.08. The van der Waals surface area contributed by atoms with Gasteiger partial charge in [0.2, 0.25) is 0 Å². The number of carbonyl (C=O) groups excluding carboxylic acids is 1. The molecule has 0 heterocycles.